The van der Waals surface area contributed by atoms with Crippen molar-refractivity contribution in [1.29, 1.82) is 0 Å². The van der Waals surface area contributed by atoms with Gasteiger partial charge in [0.25, 0.3) is 0 Å². The average molecular weight is 273 g/mol. The van der Waals surface area contributed by atoms with Gasteiger partial charge in [-0.05, 0) is 37.3 Å². The highest BCUT2D eigenvalue weighted by atomic mass is 16.5. The molecule has 1 aliphatic heterocycles. The lowest BCUT2D eigenvalue weighted by Gasteiger charge is -2.29. The number of benzene rings is 1. The third-order valence-electron chi connectivity index (χ3n) is 4.95. The quantitative estimate of drug-likeness (QED) is 0.882. The van der Waals surface area contributed by atoms with E-state index in [4.69, 9.17) is 4.74 Å². The molecular weight excluding hydrogens is 246 g/mol. The van der Waals surface area contributed by atoms with Crippen LogP contribution < -0.4 is 10.1 Å². The van der Waals surface area contributed by atoms with E-state index in [-0.39, 0.29) is 0 Å². The van der Waals surface area contributed by atoms with E-state index in [2.05, 4.69) is 36.5 Å². The zero-order valence-electron chi connectivity index (χ0n) is 12.6. The number of para-hydroxylation sites is 1. The molecule has 0 aromatic heterocycles. The smallest absolute Gasteiger partial charge is 0.124 e. The highest BCUT2D eigenvalue weighted by Crippen LogP contribution is 2.33. The van der Waals surface area contributed by atoms with Crippen molar-refractivity contribution in [2.24, 2.45) is 11.8 Å². The summed E-state index contributed by atoms with van der Waals surface area (Å²) in [6.07, 6.45) is 8.19. The molecule has 1 heterocycles. The first kappa shape index (κ1) is 13.9. The van der Waals surface area contributed by atoms with Crippen molar-refractivity contribution in [1.82, 2.24) is 5.32 Å². The molecule has 1 N–H and O–H groups in total. The minimum atomic E-state index is 0.487. The lowest BCUT2D eigenvalue weighted by molar-refractivity contribution is 0.239. The first-order chi connectivity index (χ1) is 9.83. The van der Waals surface area contributed by atoms with Gasteiger partial charge in [0, 0.05) is 18.0 Å². The van der Waals surface area contributed by atoms with Crippen LogP contribution in [0.3, 0.4) is 0 Å². The number of hydrogen-bond acceptors (Lipinski definition) is 2. The molecule has 1 aromatic rings. The summed E-state index contributed by atoms with van der Waals surface area (Å²) in [5.41, 5.74) is 1.34. The molecule has 2 aliphatic rings. The second kappa shape index (κ2) is 6.62. The lowest BCUT2D eigenvalue weighted by Crippen LogP contribution is -2.29. The Morgan fingerprint density at radius 3 is 3.00 bits per heavy atom. The van der Waals surface area contributed by atoms with Gasteiger partial charge in [0.1, 0.15) is 5.75 Å². The Labute approximate surface area is 122 Å². The van der Waals surface area contributed by atoms with Crippen LogP contribution in [0.5, 0.6) is 5.75 Å². The van der Waals surface area contributed by atoms with Gasteiger partial charge in [-0.3, -0.25) is 0 Å². The largest absolute Gasteiger partial charge is 0.493 e. The van der Waals surface area contributed by atoms with E-state index in [1.807, 2.05) is 0 Å². The van der Waals surface area contributed by atoms with Crippen LogP contribution in [-0.2, 0) is 0 Å². The zero-order valence-corrected chi connectivity index (χ0v) is 12.6. The number of ether oxygens (including phenoxy) is 1. The predicted octanol–water partition coefficient (Wildman–Crippen LogP) is 4.32. The van der Waals surface area contributed by atoms with Crippen LogP contribution in [-0.4, -0.2) is 13.2 Å². The highest BCUT2D eigenvalue weighted by Gasteiger charge is 2.22. The Hall–Kier alpha value is -1.02. The second-order valence-electron chi connectivity index (χ2n) is 6.61. The molecule has 2 heteroatoms. The second-order valence-corrected chi connectivity index (χ2v) is 6.61. The summed E-state index contributed by atoms with van der Waals surface area (Å²) in [6, 6.07) is 8.96. The maximum Gasteiger partial charge on any atom is 0.124 e. The predicted molar refractivity (Wildman–Crippen MR) is 83.0 cm³/mol. The van der Waals surface area contributed by atoms with Crippen molar-refractivity contribution in [2.45, 2.75) is 51.5 Å². The van der Waals surface area contributed by atoms with Gasteiger partial charge in [-0.2, -0.15) is 0 Å². The molecule has 0 saturated heterocycles. The minimum Gasteiger partial charge on any atom is -0.493 e. The van der Waals surface area contributed by atoms with Gasteiger partial charge in [-0.1, -0.05) is 44.4 Å². The lowest BCUT2D eigenvalue weighted by atomic mass is 9.81. The molecule has 110 valence electrons. The van der Waals surface area contributed by atoms with Gasteiger partial charge >= 0.3 is 0 Å². The summed E-state index contributed by atoms with van der Waals surface area (Å²) in [7, 11) is 0. The number of rotatable bonds is 4. The summed E-state index contributed by atoms with van der Waals surface area (Å²) in [5.74, 6) is 2.96. The van der Waals surface area contributed by atoms with E-state index >= 15 is 0 Å². The Balaban J connectivity index is 1.49. The maximum absolute atomic E-state index is 5.72. The standard InChI is InChI=1S/C18H27NO/c1-14-5-4-6-15(13-14)9-11-19-17-10-12-20-18-8-3-2-7-16(17)18/h2-3,7-8,14-15,17,19H,4-6,9-13H2,1H3. The Morgan fingerprint density at radius 2 is 2.10 bits per heavy atom. The SMILES string of the molecule is CC1CCCC(CCNC2CCOc3ccccc32)C1. The van der Waals surface area contributed by atoms with Crippen molar-refractivity contribution in [2.75, 3.05) is 13.2 Å². The van der Waals surface area contributed by atoms with E-state index in [0.29, 0.717) is 6.04 Å². The maximum atomic E-state index is 5.72. The highest BCUT2D eigenvalue weighted by molar-refractivity contribution is 5.37. The molecule has 20 heavy (non-hydrogen) atoms. The molecule has 0 bridgehead atoms. The normalized spacial score (nSPS) is 29.6. The Kier molecular flexibility index (Phi) is 4.62. The first-order valence-corrected chi connectivity index (χ1v) is 8.28. The van der Waals surface area contributed by atoms with Crippen LogP contribution in [0.1, 0.15) is 57.1 Å². The fraction of sp³-hybridized carbons (Fsp3) is 0.667. The van der Waals surface area contributed by atoms with Crippen LogP contribution in [0.25, 0.3) is 0 Å². The fourth-order valence-corrected chi connectivity index (χ4v) is 3.84. The average Bonchev–Trinajstić information content (AvgIpc) is 2.48. The minimum absolute atomic E-state index is 0.487. The summed E-state index contributed by atoms with van der Waals surface area (Å²) in [4.78, 5) is 0. The van der Waals surface area contributed by atoms with E-state index in [9.17, 15) is 0 Å². The van der Waals surface area contributed by atoms with Gasteiger partial charge in [-0.15, -0.1) is 0 Å². The number of nitrogens with one attached hydrogen (secondary N) is 1. The molecule has 0 amide bonds. The van der Waals surface area contributed by atoms with Crippen molar-refractivity contribution in [3.8, 4) is 5.75 Å². The monoisotopic (exact) mass is 273 g/mol. The third kappa shape index (κ3) is 3.35. The van der Waals surface area contributed by atoms with Gasteiger partial charge in [-0.25, -0.2) is 0 Å². The van der Waals surface area contributed by atoms with Crippen LogP contribution in [0.15, 0.2) is 24.3 Å². The Bertz CT molecular complexity index is 431. The summed E-state index contributed by atoms with van der Waals surface area (Å²) >= 11 is 0. The van der Waals surface area contributed by atoms with Gasteiger partial charge in [0.2, 0.25) is 0 Å². The fourth-order valence-electron chi connectivity index (χ4n) is 3.84. The topological polar surface area (TPSA) is 21.3 Å². The number of fused-ring (bicyclic) bond motifs is 1. The van der Waals surface area contributed by atoms with Crippen molar-refractivity contribution < 1.29 is 4.74 Å². The molecule has 3 atom stereocenters. The van der Waals surface area contributed by atoms with E-state index in [1.54, 1.807) is 0 Å². The first-order valence-electron chi connectivity index (χ1n) is 8.28. The van der Waals surface area contributed by atoms with E-state index in [1.165, 1.54) is 37.7 Å². The van der Waals surface area contributed by atoms with Crippen LogP contribution in [0.4, 0.5) is 0 Å². The van der Waals surface area contributed by atoms with Gasteiger partial charge in [0.15, 0.2) is 0 Å². The number of hydrogen-bond donors (Lipinski definition) is 1. The molecule has 1 fully saturated rings. The van der Waals surface area contributed by atoms with Crippen molar-refractivity contribution in [3.63, 3.8) is 0 Å². The van der Waals surface area contributed by atoms with Crippen LogP contribution in [0.2, 0.25) is 0 Å². The molecule has 0 spiro atoms. The van der Waals surface area contributed by atoms with Gasteiger partial charge in [0.05, 0.1) is 6.61 Å². The molecule has 1 aliphatic carbocycles. The third-order valence-corrected chi connectivity index (χ3v) is 4.95. The van der Waals surface area contributed by atoms with E-state index in [0.717, 1.165) is 37.2 Å². The molecular formula is C18H27NO. The Morgan fingerprint density at radius 1 is 1.20 bits per heavy atom. The molecule has 1 aromatic carbocycles. The molecule has 1 saturated carbocycles. The van der Waals surface area contributed by atoms with Crippen LogP contribution >= 0.6 is 0 Å². The molecule has 2 nitrogen and oxygen atoms in total. The van der Waals surface area contributed by atoms with Crippen molar-refractivity contribution in [3.05, 3.63) is 29.8 Å². The summed E-state index contributed by atoms with van der Waals surface area (Å²) < 4.78 is 5.72. The molecule has 3 unspecified atom stereocenters. The summed E-state index contributed by atoms with van der Waals surface area (Å²) in [6.45, 7) is 4.40. The van der Waals surface area contributed by atoms with Crippen molar-refractivity contribution >= 4 is 0 Å². The van der Waals surface area contributed by atoms with Gasteiger partial charge < -0.3 is 10.1 Å². The molecule has 0 radical (unpaired) electrons. The molecule has 3 rings (SSSR count). The van der Waals surface area contributed by atoms with E-state index < -0.39 is 0 Å². The summed E-state index contributed by atoms with van der Waals surface area (Å²) in [5, 5.41) is 3.76. The zero-order chi connectivity index (χ0) is 13.8. The van der Waals surface area contributed by atoms with Crippen LogP contribution in [0, 0.1) is 11.8 Å².